The minimum atomic E-state index is -0.318. The van der Waals surface area contributed by atoms with E-state index in [1.807, 2.05) is 32.9 Å². The largest absolute Gasteiger partial charge is 0.497 e. The smallest absolute Gasteiger partial charge is 0.251 e. The van der Waals surface area contributed by atoms with E-state index in [-0.39, 0.29) is 18.4 Å². The molecule has 126 valence electrons. The minimum absolute atomic E-state index is 0.0944. The van der Waals surface area contributed by atoms with Crippen LogP contribution in [-0.4, -0.2) is 25.5 Å². The van der Waals surface area contributed by atoms with Crippen LogP contribution in [-0.2, 0) is 4.79 Å². The molecule has 5 nitrogen and oxygen atoms in total. The molecule has 0 heterocycles. The average molecular weight is 326 g/mol. The van der Waals surface area contributed by atoms with Crippen LogP contribution >= 0.6 is 0 Å². The van der Waals surface area contributed by atoms with E-state index in [0.717, 1.165) is 22.4 Å². The number of carbonyl (C=O) groups is 2. The van der Waals surface area contributed by atoms with Gasteiger partial charge >= 0.3 is 0 Å². The van der Waals surface area contributed by atoms with Gasteiger partial charge in [-0.3, -0.25) is 9.59 Å². The molecule has 0 saturated heterocycles. The predicted octanol–water partition coefficient (Wildman–Crippen LogP) is 2.99. The lowest BCUT2D eigenvalue weighted by atomic mass is 10.1. The molecule has 2 amide bonds. The van der Waals surface area contributed by atoms with E-state index < -0.39 is 0 Å². The van der Waals surface area contributed by atoms with Gasteiger partial charge in [-0.2, -0.15) is 0 Å². The van der Waals surface area contributed by atoms with E-state index in [0.29, 0.717) is 11.3 Å². The van der Waals surface area contributed by atoms with Crippen LogP contribution in [0, 0.1) is 20.8 Å². The summed E-state index contributed by atoms with van der Waals surface area (Å²) < 4.78 is 5.09. The van der Waals surface area contributed by atoms with Crippen LogP contribution in [0.3, 0.4) is 0 Å². The summed E-state index contributed by atoms with van der Waals surface area (Å²) in [6.45, 7) is 5.82. The highest BCUT2D eigenvalue weighted by atomic mass is 16.5. The molecule has 2 N–H and O–H groups in total. The molecule has 0 fully saturated rings. The molecule has 0 saturated carbocycles. The molecule has 0 aliphatic carbocycles. The molecule has 2 aromatic rings. The summed E-state index contributed by atoms with van der Waals surface area (Å²) in [5.41, 5.74) is 4.39. The average Bonchev–Trinajstić information content (AvgIpc) is 2.56. The number of benzene rings is 2. The second kappa shape index (κ2) is 7.64. The summed E-state index contributed by atoms with van der Waals surface area (Å²) >= 11 is 0. The van der Waals surface area contributed by atoms with Gasteiger partial charge in [-0.1, -0.05) is 23.8 Å². The third-order valence-electron chi connectivity index (χ3n) is 3.68. The fourth-order valence-corrected chi connectivity index (χ4v) is 2.59. The summed E-state index contributed by atoms with van der Waals surface area (Å²) in [6.07, 6.45) is 0. The molecule has 0 aliphatic heterocycles. The first-order chi connectivity index (χ1) is 11.4. The monoisotopic (exact) mass is 326 g/mol. The van der Waals surface area contributed by atoms with Crippen LogP contribution in [0.25, 0.3) is 0 Å². The highest BCUT2D eigenvalue weighted by Gasteiger charge is 2.11. The van der Waals surface area contributed by atoms with Gasteiger partial charge in [0.1, 0.15) is 5.75 Å². The Balaban J connectivity index is 1.97. The number of hydrogen-bond acceptors (Lipinski definition) is 3. The number of aryl methyl sites for hydroxylation is 3. The van der Waals surface area contributed by atoms with E-state index >= 15 is 0 Å². The van der Waals surface area contributed by atoms with E-state index in [1.165, 1.54) is 7.11 Å². The Hall–Kier alpha value is -2.82. The molecule has 2 rings (SSSR count). The molecule has 24 heavy (non-hydrogen) atoms. The van der Waals surface area contributed by atoms with Crippen molar-refractivity contribution in [2.75, 3.05) is 19.0 Å². The number of methoxy groups -OCH3 is 1. The van der Waals surface area contributed by atoms with Gasteiger partial charge in [-0.05, 0) is 50.1 Å². The lowest BCUT2D eigenvalue weighted by Crippen LogP contribution is -2.33. The lowest BCUT2D eigenvalue weighted by Gasteiger charge is -2.13. The molecule has 0 bridgehead atoms. The standard InChI is InChI=1S/C19H22N2O3/c1-12-8-13(2)18(14(3)9-12)21-17(22)11-20-19(23)15-6-5-7-16(10-15)24-4/h5-10H,11H2,1-4H3,(H,20,23)(H,21,22). The molecule has 0 aliphatic rings. The van der Waals surface area contributed by atoms with Crippen LogP contribution in [0.4, 0.5) is 5.69 Å². The van der Waals surface area contributed by atoms with Crippen LogP contribution in [0.2, 0.25) is 0 Å². The normalized spacial score (nSPS) is 10.2. The topological polar surface area (TPSA) is 67.4 Å². The third-order valence-corrected chi connectivity index (χ3v) is 3.68. The minimum Gasteiger partial charge on any atom is -0.497 e. The number of carbonyl (C=O) groups excluding carboxylic acids is 2. The predicted molar refractivity (Wildman–Crippen MR) is 94.6 cm³/mol. The Kier molecular flexibility index (Phi) is 5.58. The van der Waals surface area contributed by atoms with Crippen molar-refractivity contribution in [3.05, 3.63) is 58.7 Å². The Labute approximate surface area is 142 Å². The number of ether oxygens (including phenoxy) is 1. The zero-order valence-electron chi connectivity index (χ0n) is 14.4. The van der Waals surface area contributed by atoms with Gasteiger partial charge in [-0.15, -0.1) is 0 Å². The van der Waals surface area contributed by atoms with E-state index in [9.17, 15) is 9.59 Å². The Morgan fingerprint density at radius 1 is 1.04 bits per heavy atom. The van der Waals surface area contributed by atoms with Crippen molar-refractivity contribution >= 4 is 17.5 Å². The summed E-state index contributed by atoms with van der Waals surface area (Å²) in [7, 11) is 1.54. The van der Waals surface area contributed by atoms with Crippen LogP contribution in [0.15, 0.2) is 36.4 Å². The summed E-state index contributed by atoms with van der Waals surface area (Å²) in [5, 5.41) is 5.47. The van der Waals surface area contributed by atoms with Gasteiger partial charge in [0.2, 0.25) is 5.91 Å². The molecule has 0 aromatic heterocycles. The van der Waals surface area contributed by atoms with Crippen LogP contribution in [0.5, 0.6) is 5.75 Å². The van der Waals surface area contributed by atoms with Crippen molar-refractivity contribution in [2.24, 2.45) is 0 Å². The first kappa shape index (κ1) is 17.5. The number of anilines is 1. The molecule has 2 aromatic carbocycles. The zero-order chi connectivity index (χ0) is 17.7. The van der Waals surface area contributed by atoms with Crippen molar-refractivity contribution in [1.82, 2.24) is 5.32 Å². The fourth-order valence-electron chi connectivity index (χ4n) is 2.59. The number of rotatable bonds is 5. The van der Waals surface area contributed by atoms with E-state index in [2.05, 4.69) is 10.6 Å². The SMILES string of the molecule is COc1cccc(C(=O)NCC(=O)Nc2c(C)cc(C)cc2C)c1. The van der Waals surface area contributed by atoms with Crippen molar-refractivity contribution in [3.8, 4) is 5.75 Å². The van der Waals surface area contributed by atoms with Gasteiger partial charge in [0, 0.05) is 11.3 Å². The maximum Gasteiger partial charge on any atom is 0.251 e. The number of nitrogens with one attached hydrogen (secondary N) is 2. The maximum atomic E-state index is 12.1. The van der Waals surface area contributed by atoms with Crippen molar-refractivity contribution in [3.63, 3.8) is 0 Å². The first-order valence-electron chi connectivity index (χ1n) is 7.70. The highest BCUT2D eigenvalue weighted by Crippen LogP contribution is 2.21. The molecule has 0 spiro atoms. The van der Waals surface area contributed by atoms with Gasteiger partial charge in [0.05, 0.1) is 13.7 Å². The molecule has 0 radical (unpaired) electrons. The van der Waals surface area contributed by atoms with Gasteiger partial charge < -0.3 is 15.4 Å². The van der Waals surface area contributed by atoms with Gasteiger partial charge in [0.15, 0.2) is 0 Å². The maximum absolute atomic E-state index is 12.1. The van der Waals surface area contributed by atoms with Crippen LogP contribution in [0.1, 0.15) is 27.0 Å². The summed E-state index contributed by atoms with van der Waals surface area (Å²) in [5.74, 6) is 0.0145. The van der Waals surface area contributed by atoms with Gasteiger partial charge in [0.25, 0.3) is 5.91 Å². The van der Waals surface area contributed by atoms with Crippen LogP contribution < -0.4 is 15.4 Å². The fraction of sp³-hybridized carbons (Fsp3) is 0.263. The quantitative estimate of drug-likeness (QED) is 0.887. The Morgan fingerprint density at radius 3 is 2.33 bits per heavy atom. The first-order valence-corrected chi connectivity index (χ1v) is 7.70. The van der Waals surface area contributed by atoms with E-state index in [1.54, 1.807) is 24.3 Å². The number of amides is 2. The Bertz CT molecular complexity index is 746. The highest BCUT2D eigenvalue weighted by molar-refractivity contribution is 6.00. The number of hydrogen-bond donors (Lipinski definition) is 2. The van der Waals surface area contributed by atoms with E-state index in [4.69, 9.17) is 4.74 Å². The summed E-state index contributed by atoms with van der Waals surface area (Å²) in [4.78, 5) is 24.2. The molecular weight excluding hydrogens is 304 g/mol. The van der Waals surface area contributed by atoms with Crippen molar-refractivity contribution < 1.29 is 14.3 Å². The van der Waals surface area contributed by atoms with Gasteiger partial charge in [-0.25, -0.2) is 0 Å². The lowest BCUT2D eigenvalue weighted by molar-refractivity contribution is -0.115. The zero-order valence-corrected chi connectivity index (χ0v) is 14.4. The second-order valence-electron chi connectivity index (χ2n) is 5.74. The van der Waals surface area contributed by atoms with Crippen molar-refractivity contribution in [2.45, 2.75) is 20.8 Å². The molecule has 0 unspecified atom stereocenters. The Morgan fingerprint density at radius 2 is 1.71 bits per heavy atom. The molecule has 5 heteroatoms. The third kappa shape index (κ3) is 4.35. The second-order valence-corrected chi connectivity index (χ2v) is 5.74. The molecule has 0 atom stereocenters. The molecular formula is C19H22N2O3. The summed E-state index contributed by atoms with van der Waals surface area (Å²) in [6, 6.07) is 10.8. The van der Waals surface area contributed by atoms with Crippen molar-refractivity contribution in [1.29, 1.82) is 0 Å².